The van der Waals surface area contributed by atoms with E-state index in [2.05, 4.69) is 10.00 Å². The third-order valence-electron chi connectivity index (χ3n) is 6.11. The van der Waals surface area contributed by atoms with Crippen molar-refractivity contribution in [1.29, 1.82) is 0 Å². The maximum atomic E-state index is 14.5. The zero-order valence-electron chi connectivity index (χ0n) is 16.4. The van der Waals surface area contributed by atoms with Gasteiger partial charge in [0.05, 0.1) is 29.4 Å². The Labute approximate surface area is 173 Å². The van der Waals surface area contributed by atoms with Gasteiger partial charge in [0.25, 0.3) is 5.91 Å². The molecule has 5 rings (SSSR count). The number of β-amino-alcohol motifs (C(OH)–C–C–N with tert-alkyl or cyclic N) is 1. The number of aromatic nitrogens is 2. The minimum Gasteiger partial charge on any atom is -0.508 e. The van der Waals surface area contributed by atoms with Crippen LogP contribution in [-0.4, -0.2) is 56.4 Å². The number of likely N-dealkylation sites (tertiary alicyclic amines) is 1. The number of pyridine rings is 1. The lowest BCUT2D eigenvalue weighted by molar-refractivity contribution is 0.0767. The molecule has 0 spiro atoms. The van der Waals surface area contributed by atoms with E-state index >= 15 is 0 Å². The fourth-order valence-electron chi connectivity index (χ4n) is 4.60. The van der Waals surface area contributed by atoms with Gasteiger partial charge in [0.2, 0.25) is 0 Å². The van der Waals surface area contributed by atoms with Crippen LogP contribution < -0.4 is 4.90 Å². The summed E-state index contributed by atoms with van der Waals surface area (Å²) >= 11 is 0. The molecule has 2 fully saturated rings. The molecule has 1 amide bonds. The summed E-state index contributed by atoms with van der Waals surface area (Å²) in [6.45, 7) is 1.62. The Morgan fingerprint density at radius 1 is 1.17 bits per heavy atom. The quantitative estimate of drug-likeness (QED) is 0.694. The van der Waals surface area contributed by atoms with Crippen LogP contribution in [0.3, 0.4) is 0 Å². The van der Waals surface area contributed by atoms with Crippen LogP contribution in [0, 0.1) is 5.82 Å². The van der Waals surface area contributed by atoms with Gasteiger partial charge in [0.1, 0.15) is 11.6 Å². The molecular formula is C22H23FN4O3. The van der Waals surface area contributed by atoms with Crippen molar-refractivity contribution in [3.63, 3.8) is 0 Å². The standard InChI is InChI=1S/C22H23FN4O3/c23-19-4-3-15(28)11-17(19)20-2-1-7-26(20)14-5-9-27-21(10-14)18(12-24-27)22(30)25-8-6-16(29)13-25/h3-5,9-12,16,20,28-29H,1-2,6-8,13H2/t16-,20+/m0/s1. The number of carbonyl (C=O) groups is 1. The molecular weight excluding hydrogens is 387 g/mol. The molecule has 2 aromatic heterocycles. The first-order valence-electron chi connectivity index (χ1n) is 10.2. The number of hydrogen-bond acceptors (Lipinski definition) is 5. The van der Waals surface area contributed by atoms with Gasteiger partial charge in [-0.1, -0.05) is 0 Å². The first kappa shape index (κ1) is 18.9. The molecule has 2 N–H and O–H groups in total. The smallest absolute Gasteiger partial charge is 0.257 e. The van der Waals surface area contributed by atoms with Crippen molar-refractivity contribution in [2.45, 2.75) is 31.4 Å². The number of aromatic hydroxyl groups is 1. The van der Waals surface area contributed by atoms with E-state index in [0.717, 1.165) is 25.1 Å². The summed E-state index contributed by atoms with van der Waals surface area (Å²) in [4.78, 5) is 16.7. The fourth-order valence-corrected chi connectivity index (χ4v) is 4.60. The molecule has 3 aromatic rings. The molecule has 0 radical (unpaired) electrons. The Balaban J connectivity index is 1.50. The van der Waals surface area contributed by atoms with E-state index in [-0.39, 0.29) is 23.5 Å². The lowest BCUT2D eigenvalue weighted by atomic mass is 10.0. The van der Waals surface area contributed by atoms with Crippen LogP contribution in [0.5, 0.6) is 5.75 Å². The second-order valence-corrected chi connectivity index (χ2v) is 8.02. The van der Waals surface area contributed by atoms with Crippen molar-refractivity contribution < 1.29 is 19.4 Å². The van der Waals surface area contributed by atoms with Crippen molar-refractivity contribution in [2.75, 3.05) is 24.5 Å². The van der Waals surface area contributed by atoms with Gasteiger partial charge >= 0.3 is 0 Å². The van der Waals surface area contributed by atoms with E-state index < -0.39 is 6.10 Å². The second kappa shape index (κ2) is 7.28. The first-order valence-corrected chi connectivity index (χ1v) is 10.2. The highest BCUT2D eigenvalue weighted by molar-refractivity contribution is 6.01. The Kier molecular flexibility index (Phi) is 4.58. The van der Waals surface area contributed by atoms with Gasteiger partial charge in [-0.25, -0.2) is 8.91 Å². The van der Waals surface area contributed by atoms with Crippen molar-refractivity contribution in [2.24, 2.45) is 0 Å². The van der Waals surface area contributed by atoms with Crippen LogP contribution in [0.4, 0.5) is 10.1 Å². The number of benzene rings is 1. The molecule has 0 unspecified atom stereocenters. The molecule has 30 heavy (non-hydrogen) atoms. The molecule has 0 saturated carbocycles. The molecule has 4 heterocycles. The zero-order chi connectivity index (χ0) is 20.8. The second-order valence-electron chi connectivity index (χ2n) is 8.02. The largest absolute Gasteiger partial charge is 0.508 e. The highest BCUT2D eigenvalue weighted by atomic mass is 19.1. The Morgan fingerprint density at radius 3 is 2.83 bits per heavy atom. The number of amides is 1. The van der Waals surface area contributed by atoms with Gasteiger partial charge in [0.15, 0.2) is 0 Å². The average molecular weight is 410 g/mol. The molecule has 2 aliphatic rings. The average Bonchev–Trinajstić information content (AvgIpc) is 3.47. The fraction of sp³-hybridized carbons (Fsp3) is 0.364. The highest BCUT2D eigenvalue weighted by Gasteiger charge is 2.30. The van der Waals surface area contributed by atoms with Crippen molar-refractivity contribution >= 4 is 17.1 Å². The van der Waals surface area contributed by atoms with Crippen LogP contribution in [0.25, 0.3) is 5.52 Å². The third-order valence-corrected chi connectivity index (χ3v) is 6.11. The van der Waals surface area contributed by atoms with E-state index in [1.54, 1.807) is 21.8 Å². The maximum absolute atomic E-state index is 14.5. The molecule has 2 atom stereocenters. The van der Waals surface area contributed by atoms with E-state index in [0.29, 0.717) is 36.2 Å². The Hall–Kier alpha value is -3.13. The molecule has 156 valence electrons. The normalized spacial score (nSPS) is 21.7. The summed E-state index contributed by atoms with van der Waals surface area (Å²) in [7, 11) is 0. The number of nitrogens with zero attached hydrogens (tertiary/aromatic N) is 4. The summed E-state index contributed by atoms with van der Waals surface area (Å²) in [6, 6.07) is 7.77. The van der Waals surface area contributed by atoms with Gasteiger partial charge in [0, 0.05) is 37.1 Å². The van der Waals surface area contributed by atoms with Crippen LogP contribution in [0.2, 0.25) is 0 Å². The maximum Gasteiger partial charge on any atom is 0.257 e. The SMILES string of the molecule is O=C(c1cnn2ccc(N3CCC[C@@H]3c3cc(O)ccc3F)cc12)N1CC[C@H](O)C1. The molecule has 2 saturated heterocycles. The molecule has 1 aromatic carbocycles. The number of aliphatic hydroxyl groups excluding tert-OH is 1. The van der Waals surface area contributed by atoms with E-state index in [4.69, 9.17) is 0 Å². The van der Waals surface area contributed by atoms with E-state index in [9.17, 15) is 19.4 Å². The van der Waals surface area contributed by atoms with Crippen molar-refractivity contribution in [1.82, 2.24) is 14.5 Å². The molecule has 8 heteroatoms. The first-order chi connectivity index (χ1) is 14.5. The number of halogens is 1. The molecule has 7 nitrogen and oxygen atoms in total. The summed E-state index contributed by atoms with van der Waals surface area (Å²) in [5, 5.41) is 23.9. The summed E-state index contributed by atoms with van der Waals surface area (Å²) in [5.74, 6) is -0.431. The number of rotatable bonds is 3. The lowest BCUT2D eigenvalue weighted by Gasteiger charge is -2.27. The van der Waals surface area contributed by atoms with Crippen LogP contribution >= 0.6 is 0 Å². The van der Waals surface area contributed by atoms with Crippen LogP contribution in [0.15, 0.2) is 42.7 Å². The van der Waals surface area contributed by atoms with Crippen LogP contribution in [0.1, 0.15) is 41.2 Å². The number of fused-ring (bicyclic) bond motifs is 1. The van der Waals surface area contributed by atoms with E-state index in [1.165, 1.54) is 18.2 Å². The number of hydrogen-bond donors (Lipinski definition) is 2. The monoisotopic (exact) mass is 410 g/mol. The number of aliphatic hydroxyl groups is 1. The summed E-state index contributed by atoms with van der Waals surface area (Å²) in [6.07, 6.45) is 5.15. The lowest BCUT2D eigenvalue weighted by Crippen LogP contribution is -2.29. The highest BCUT2D eigenvalue weighted by Crippen LogP contribution is 2.38. The Bertz CT molecular complexity index is 1110. The van der Waals surface area contributed by atoms with Gasteiger partial charge in [-0.05, 0) is 49.6 Å². The van der Waals surface area contributed by atoms with Gasteiger partial charge in [-0.15, -0.1) is 0 Å². The number of phenolic OH excluding ortho intramolecular Hbond substituents is 1. The predicted octanol–water partition coefficient (Wildman–Crippen LogP) is 2.73. The number of phenols is 1. The van der Waals surface area contributed by atoms with Gasteiger partial charge < -0.3 is 20.0 Å². The van der Waals surface area contributed by atoms with Crippen molar-refractivity contribution in [3.8, 4) is 5.75 Å². The third kappa shape index (κ3) is 3.17. The number of anilines is 1. The van der Waals surface area contributed by atoms with Crippen LogP contribution in [-0.2, 0) is 0 Å². The Morgan fingerprint density at radius 2 is 2.03 bits per heavy atom. The molecule has 0 bridgehead atoms. The minimum absolute atomic E-state index is 0.0465. The van der Waals surface area contributed by atoms with Gasteiger partial charge in [-0.2, -0.15) is 5.10 Å². The van der Waals surface area contributed by atoms with E-state index in [1.807, 2.05) is 12.1 Å². The molecule has 0 aliphatic carbocycles. The summed E-state index contributed by atoms with van der Waals surface area (Å²) < 4.78 is 16.1. The topological polar surface area (TPSA) is 81.3 Å². The predicted molar refractivity (Wildman–Crippen MR) is 109 cm³/mol. The van der Waals surface area contributed by atoms with Crippen molar-refractivity contribution in [3.05, 3.63) is 59.7 Å². The minimum atomic E-state index is -0.478. The van der Waals surface area contributed by atoms with Gasteiger partial charge in [-0.3, -0.25) is 4.79 Å². The number of carbonyl (C=O) groups excluding carboxylic acids is 1. The molecule has 2 aliphatic heterocycles. The zero-order valence-corrected chi connectivity index (χ0v) is 16.4. The summed E-state index contributed by atoms with van der Waals surface area (Å²) in [5.41, 5.74) is 2.53.